The van der Waals surface area contributed by atoms with Gasteiger partial charge in [0.1, 0.15) is 0 Å². The van der Waals surface area contributed by atoms with Gasteiger partial charge in [-0.25, -0.2) is 0 Å². The molecule has 1 amide bonds. The summed E-state index contributed by atoms with van der Waals surface area (Å²) in [6.45, 7) is 8.94. The molecule has 0 aromatic rings. The van der Waals surface area contributed by atoms with Crippen LogP contribution >= 0.6 is 0 Å². The predicted octanol–water partition coefficient (Wildman–Crippen LogP) is 2.75. The van der Waals surface area contributed by atoms with Gasteiger partial charge in [-0.05, 0) is 12.5 Å². The van der Waals surface area contributed by atoms with Gasteiger partial charge in [0.05, 0.1) is 8.07 Å². The van der Waals surface area contributed by atoms with Crippen molar-refractivity contribution >= 4 is 14.0 Å². The average Bonchev–Trinajstić information content (AvgIpc) is 2.01. The summed E-state index contributed by atoms with van der Waals surface area (Å²) < 4.78 is 0. The topological polar surface area (TPSA) is 20.3 Å². The van der Waals surface area contributed by atoms with Crippen molar-refractivity contribution in [2.45, 2.75) is 38.5 Å². The molecule has 0 spiro atoms. The Morgan fingerprint density at radius 2 is 1.86 bits per heavy atom. The lowest BCUT2D eigenvalue weighted by atomic mass is 10.2. The highest BCUT2D eigenvalue weighted by atomic mass is 28.3. The molecule has 0 heterocycles. The number of amides is 1. The Balaban J connectivity index is 4.47. The van der Waals surface area contributed by atoms with Gasteiger partial charge in [0.2, 0.25) is 5.91 Å². The Kier molecular flexibility index (Phi) is 5.12. The molecule has 14 heavy (non-hydrogen) atoms. The van der Waals surface area contributed by atoms with Crippen LogP contribution in [0.2, 0.25) is 25.2 Å². The highest BCUT2D eigenvalue weighted by molar-refractivity contribution is 6.78. The second kappa shape index (κ2) is 5.34. The lowest BCUT2D eigenvalue weighted by Crippen LogP contribution is -2.32. The van der Waals surface area contributed by atoms with Crippen LogP contribution in [0.15, 0.2) is 12.2 Å². The maximum Gasteiger partial charge on any atom is 0.222 e. The molecule has 0 bridgehead atoms. The summed E-state index contributed by atoms with van der Waals surface area (Å²) in [5.41, 5.74) is 0.461. The van der Waals surface area contributed by atoms with Crippen molar-refractivity contribution in [3.63, 3.8) is 0 Å². The molecule has 0 fully saturated rings. The smallest absolute Gasteiger partial charge is 0.222 e. The van der Waals surface area contributed by atoms with E-state index in [0.717, 1.165) is 0 Å². The molecule has 0 unspecified atom stereocenters. The van der Waals surface area contributed by atoms with E-state index in [2.05, 4.69) is 31.8 Å². The molecule has 0 saturated carbocycles. The maximum absolute atomic E-state index is 11.6. The molecule has 0 aliphatic carbocycles. The highest BCUT2D eigenvalue weighted by Crippen LogP contribution is 2.27. The number of carbonyl (C=O) groups is 1. The van der Waals surface area contributed by atoms with Gasteiger partial charge in [0.25, 0.3) is 0 Å². The fraction of sp³-hybridized carbons (Fsp3) is 0.727. The van der Waals surface area contributed by atoms with Crippen LogP contribution in [0, 0.1) is 0 Å². The summed E-state index contributed by atoms with van der Waals surface area (Å²) in [4.78, 5) is 13.3. The Hall–Kier alpha value is -0.573. The van der Waals surface area contributed by atoms with Crippen molar-refractivity contribution in [3.8, 4) is 0 Å². The van der Waals surface area contributed by atoms with Crippen LogP contribution in [0.4, 0.5) is 0 Å². The second-order valence-corrected chi connectivity index (χ2v) is 10.5. The molecule has 0 aliphatic heterocycles. The molecule has 0 radical (unpaired) electrons. The third-order valence-electron chi connectivity index (χ3n) is 2.43. The van der Waals surface area contributed by atoms with Crippen LogP contribution in [0.1, 0.15) is 13.3 Å². The monoisotopic (exact) mass is 213 g/mol. The molecule has 0 saturated heterocycles. The van der Waals surface area contributed by atoms with Gasteiger partial charge in [-0.15, -0.1) is 0 Å². The number of rotatable bonds is 4. The third-order valence-corrected chi connectivity index (χ3v) is 5.05. The first kappa shape index (κ1) is 13.4. The van der Waals surface area contributed by atoms with E-state index in [1.807, 2.05) is 21.0 Å². The molecule has 0 rings (SSSR count). The van der Waals surface area contributed by atoms with Crippen LogP contribution in [0.25, 0.3) is 0 Å². The first-order valence-electron chi connectivity index (χ1n) is 5.12. The van der Waals surface area contributed by atoms with Crippen LogP contribution in [-0.2, 0) is 4.79 Å². The first-order valence-corrected chi connectivity index (χ1v) is 8.69. The minimum absolute atomic E-state index is 0.232. The van der Waals surface area contributed by atoms with Gasteiger partial charge >= 0.3 is 0 Å². The average molecular weight is 213 g/mol. The summed E-state index contributed by atoms with van der Waals surface area (Å²) in [6, 6.07) is 0. The van der Waals surface area contributed by atoms with Gasteiger partial charge in [-0.3, -0.25) is 4.79 Å². The largest absolute Gasteiger partial charge is 0.349 e. The van der Waals surface area contributed by atoms with Crippen molar-refractivity contribution in [2.24, 2.45) is 0 Å². The van der Waals surface area contributed by atoms with E-state index >= 15 is 0 Å². The number of hydrogen-bond acceptors (Lipinski definition) is 1. The summed E-state index contributed by atoms with van der Waals surface area (Å²) in [5, 5.41) is 0. The summed E-state index contributed by atoms with van der Waals surface area (Å²) in [7, 11) is 2.39. The molecular formula is C11H23NOSi. The van der Waals surface area contributed by atoms with E-state index in [9.17, 15) is 4.79 Å². The Bertz CT molecular complexity index is 216. The van der Waals surface area contributed by atoms with Crippen molar-refractivity contribution < 1.29 is 4.79 Å². The minimum atomic E-state index is -1.25. The van der Waals surface area contributed by atoms with Gasteiger partial charge in [-0.2, -0.15) is 0 Å². The van der Waals surface area contributed by atoms with Gasteiger partial charge in [-0.1, -0.05) is 31.8 Å². The standard InChI is InChI=1S/C11H23NOSi/c1-7-8-10(14(4,5)6)9-11(13)12(2)3/h7-8,10H,9H2,1-6H3/b8-7+/t10-/m1/s1. The number of nitrogens with zero attached hydrogens (tertiary/aromatic N) is 1. The molecule has 0 aromatic carbocycles. The molecule has 0 aliphatic rings. The zero-order valence-corrected chi connectivity index (χ0v) is 11.3. The van der Waals surface area contributed by atoms with Gasteiger partial charge in [0, 0.05) is 20.5 Å². The van der Waals surface area contributed by atoms with Crippen molar-refractivity contribution in [1.82, 2.24) is 4.90 Å². The quantitative estimate of drug-likeness (QED) is 0.519. The number of carbonyl (C=O) groups excluding carboxylic acids is 1. The molecule has 1 atom stereocenters. The first-order chi connectivity index (χ1) is 6.29. The van der Waals surface area contributed by atoms with Crippen LogP contribution < -0.4 is 0 Å². The van der Waals surface area contributed by atoms with Crippen LogP contribution in [0.5, 0.6) is 0 Å². The zero-order chi connectivity index (χ0) is 11.4. The molecule has 0 N–H and O–H groups in total. The molecule has 0 aromatic heterocycles. The Morgan fingerprint density at radius 1 is 1.36 bits per heavy atom. The van der Waals surface area contributed by atoms with Crippen LogP contribution in [-0.4, -0.2) is 33.0 Å². The zero-order valence-electron chi connectivity index (χ0n) is 10.3. The fourth-order valence-corrected chi connectivity index (χ4v) is 2.82. The molecular weight excluding hydrogens is 190 g/mol. The van der Waals surface area contributed by atoms with Gasteiger partial charge in [0.15, 0.2) is 0 Å². The fourth-order valence-electron chi connectivity index (χ4n) is 1.27. The predicted molar refractivity (Wildman–Crippen MR) is 65.2 cm³/mol. The number of allylic oxidation sites excluding steroid dienone is 2. The lowest BCUT2D eigenvalue weighted by molar-refractivity contribution is -0.128. The Labute approximate surface area is 89.0 Å². The highest BCUT2D eigenvalue weighted by Gasteiger charge is 2.26. The summed E-state index contributed by atoms with van der Waals surface area (Å²) in [5.74, 6) is 0.232. The molecule has 3 heteroatoms. The van der Waals surface area contributed by atoms with E-state index < -0.39 is 8.07 Å². The minimum Gasteiger partial charge on any atom is -0.349 e. The van der Waals surface area contributed by atoms with Crippen LogP contribution in [0.3, 0.4) is 0 Å². The maximum atomic E-state index is 11.6. The lowest BCUT2D eigenvalue weighted by Gasteiger charge is -2.26. The summed E-state index contributed by atoms with van der Waals surface area (Å²) in [6.07, 6.45) is 4.91. The normalized spacial score (nSPS) is 14.4. The summed E-state index contributed by atoms with van der Waals surface area (Å²) >= 11 is 0. The third kappa shape index (κ3) is 4.60. The second-order valence-electron chi connectivity index (χ2n) is 4.99. The van der Waals surface area contributed by atoms with Gasteiger partial charge < -0.3 is 4.90 Å². The van der Waals surface area contributed by atoms with Crippen molar-refractivity contribution in [2.75, 3.05) is 14.1 Å². The van der Waals surface area contributed by atoms with E-state index in [0.29, 0.717) is 12.0 Å². The number of hydrogen-bond donors (Lipinski definition) is 0. The van der Waals surface area contributed by atoms with E-state index in [1.165, 1.54) is 0 Å². The van der Waals surface area contributed by atoms with E-state index in [4.69, 9.17) is 0 Å². The SMILES string of the molecule is C/C=C/[C@H](CC(=O)N(C)C)[Si](C)(C)C. The molecule has 82 valence electrons. The Morgan fingerprint density at radius 3 is 2.14 bits per heavy atom. The van der Waals surface area contributed by atoms with E-state index in [1.54, 1.807) is 4.90 Å². The molecule has 2 nitrogen and oxygen atoms in total. The van der Waals surface area contributed by atoms with E-state index in [-0.39, 0.29) is 5.91 Å². The van der Waals surface area contributed by atoms with Crippen molar-refractivity contribution in [1.29, 1.82) is 0 Å². The van der Waals surface area contributed by atoms with Crippen molar-refractivity contribution in [3.05, 3.63) is 12.2 Å².